The molecule has 0 amide bonds. The molecule has 1 nitrogen and oxygen atoms in total. The fourth-order valence-electron chi connectivity index (χ4n) is 1.06. The van der Waals surface area contributed by atoms with Crippen LogP contribution in [0, 0.1) is 6.92 Å². The van der Waals surface area contributed by atoms with Gasteiger partial charge in [-0.1, -0.05) is 0 Å². The van der Waals surface area contributed by atoms with Crippen molar-refractivity contribution in [1.29, 1.82) is 0 Å². The molecule has 2 rings (SSSR count). The van der Waals surface area contributed by atoms with Gasteiger partial charge in [0, 0.05) is 10.4 Å². The quantitative estimate of drug-likeness (QED) is 0.630. The second-order valence-corrected chi connectivity index (χ2v) is 3.36. The Morgan fingerprint density at radius 1 is 1.36 bits per heavy atom. The van der Waals surface area contributed by atoms with Crippen molar-refractivity contribution in [2.24, 2.45) is 0 Å². The van der Waals surface area contributed by atoms with E-state index in [1.54, 1.807) is 23.9 Å². The Bertz CT molecular complexity index is 332. The van der Waals surface area contributed by atoms with Crippen LogP contribution in [0.3, 0.4) is 0 Å². The molecular formula is C9H8OS. The highest BCUT2D eigenvalue weighted by Gasteiger charge is 2.02. The van der Waals surface area contributed by atoms with Gasteiger partial charge in [0.2, 0.25) is 0 Å². The molecule has 2 aromatic heterocycles. The van der Waals surface area contributed by atoms with Crippen molar-refractivity contribution in [3.63, 3.8) is 0 Å². The lowest BCUT2D eigenvalue weighted by Gasteiger charge is -1.90. The minimum Gasteiger partial charge on any atom is -0.472 e. The van der Waals surface area contributed by atoms with Crippen LogP contribution in [0.5, 0.6) is 0 Å². The van der Waals surface area contributed by atoms with E-state index in [1.807, 2.05) is 6.07 Å². The number of furan rings is 1. The molecule has 2 heteroatoms. The van der Waals surface area contributed by atoms with E-state index in [0.29, 0.717) is 0 Å². The average molecular weight is 164 g/mol. The molecule has 0 aromatic carbocycles. The summed E-state index contributed by atoms with van der Waals surface area (Å²) < 4.78 is 5.00. The van der Waals surface area contributed by atoms with Crippen LogP contribution in [-0.4, -0.2) is 0 Å². The minimum absolute atomic E-state index is 1.18. The van der Waals surface area contributed by atoms with Crippen LogP contribution >= 0.6 is 11.3 Å². The van der Waals surface area contributed by atoms with Crippen LogP contribution in [0.25, 0.3) is 10.4 Å². The van der Waals surface area contributed by atoms with Crippen molar-refractivity contribution >= 4 is 11.3 Å². The zero-order chi connectivity index (χ0) is 7.68. The summed E-state index contributed by atoms with van der Waals surface area (Å²) in [6.07, 6.45) is 3.48. The van der Waals surface area contributed by atoms with E-state index in [2.05, 4.69) is 18.4 Å². The van der Waals surface area contributed by atoms with E-state index in [0.717, 1.165) is 0 Å². The third-order valence-electron chi connectivity index (χ3n) is 1.65. The second kappa shape index (κ2) is 2.55. The molecule has 0 unspecified atom stereocenters. The van der Waals surface area contributed by atoms with E-state index >= 15 is 0 Å². The first-order valence-electron chi connectivity index (χ1n) is 3.44. The van der Waals surface area contributed by atoms with E-state index in [4.69, 9.17) is 4.42 Å². The molecule has 0 radical (unpaired) electrons. The van der Waals surface area contributed by atoms with Crippen molar-refractivity contribution in [3.8, 4) is 10.4 Å². The highest BCUT2D eigenvalue weighted by molar-refractivity contribution is 7.13. The van der Waals surface area contributed by atoms with Crippen LogP contribution in [0.1, 0.15) is 5.56 Å². The van der Waals surface area contributed by atoms with Crippen LogP contribution in [0.15, 0.2) is 34.5 Å². The molecule has 0 atom stereocenters. The largest absolute Gasteiger partial charge is 0.472 e. The summed E-state index contributed by atoms with van der Waals surface area (Å²) in [7, 11) is 0. The summed E-state index contributed by atoms with van der Waals surface area (Å²) in [5.41, 5.74) is 2.49. The number of aryl methyl sites for hydroxylation is 1. The summed E-state index contributed by atoms with van der Waals surface area (Å²) in [6.45, 7) is 2.11. The molecule has 11 heavy (non-hydrogen) atoms. The third-order valence-corrected chi connectivity index (χ3v) is 2.71. The normalized spacial score (nSPS) is 10.3. The molecular weight excluding hydrogens is 156 g/mol. The van der Waals surface area contributed by atoms with Gasteiger partial charge in [-0.3, -0.25) is 0 Å². The lowest BCUT2D eigenvalue weighted by molar-refractivity contribution is 0.568. The minimum atomic E-state index is 1.18. The topological polar surface area (TPSA) is 13.1 Å². The first kappa shape index (κ1) is 6.68. The zero-order valence-corrected chi connectivity index (χ0v) is 7.02. The summed E-state index contributed by atoms with van der Waals surface area (Å²) in [5.74, 6) is 0. The maximum atomic E-state index is 5.00. The molecule has 0 aliphatic carbocycles. The maximum absolute atomic E-state index is 5.00. The van der Waals surface area contributed by atoms with Crippen LogP contribution < -0.4 is 0 Å². The molecule has 0 saturated carbocycles. The second-order valence-electron chi connectivity index (χ2n) is 2.44. The van der Waals surface area contributed by atoms with E-state index in [9.17, 15) is 0 Å². The smallest absolute Gasteiger partial charge is 0.0989 e. The molecule has 0 aliphatic rings. The Hall–Kier alpha value is -1.02. The molecule has 0 bridgehead atoms. The van der Waals surface area contributed by atoms with Gasteiger partial charge in [-0.2, -0.15) is 0 Å². The Kier molecular flexibility index (Phi) is 1.55. The highest BCUT2D eigenvalue weighted by atomic mass is 32.1. The molecule has 0 fully saturated rings. The van der Waals surface area contributed by atoms with Crippen LogP contribution in [-0.2, 0) is 0 Å². The molecule has 0 aliphatic heterocycles. The van der Waals surface area contributed by atoms with Crippen molar-refractivity contribution in [1.82, 2.24) is 0 Å². The lowest BCUT2D eigenvalue weighted by atomic mass is 10.2. The number of rotatable bonds is 1. The van der Waals surface area contributed by atoms with Gasteiger partial charge in [-0.15, -0.1) is 11.3 Å². The van der Waals surface area contributed by atoms with Gasteiger partial charge in [0.1, 0.15) is 0 Å². The van der Waals surface area contributed by atoms with Gasteiger partial charge < -0.3 is 4.42 Å². The average Bonchev–Trinajstić information content (AvgIpc) is 2.55. The highest BCUT2D eigenvalue weighted by Crippen LogP contribution is 2.28. The van der Waals surface area contributed by atoms with Gasteiger partial charge >= 0.3 is 0 Å². The predicted molar refractivity (Wildman–Crippen MR) is 46.8 cm³/mol. The lowest BCUT2D eigenvalue weighted by Crippen LogP contribution is -1.68. The van der Waals surface area contributed by atoms with Gasteiger partial charge in [-0.25, -0.2) is 0 Å². The fraction of sp³-hybridized carbons (Fsp3) is 0.111. The number of hydrogen-bond acceptors (Lipinski definition) is 2. The van der Waals surface area contributed by atoms with Crippen LogP contribution in [0.4, 0.5) is 0 Å². The standard InChI is InChI=1S/C9H8OS/c1-7-3-5-11-9(7)8-2-4-10-6-8/h2-6H,1H3. The first-order valence-corrected chi connectivity index (χ1v) is 4.32. The zero-order valence-electron chi connectivity index (χ0n) is 6.20. The van der Waals surface area contributed by atoms with E-state index in [-0.39, 0.29) is 0 Å². The summed E-state index contributed by atoms with van der Waals surface area (Å²) >= 11 is 1.75. The van der Waals surface area contributed by atoms with E-state index in [1.165, 1.54) is 16.0 Å². The molecule has 0 N–H and O–H groups in total. The molecule has 0 spiro atoms. The molecule has 56 valence electrons. The van der Waals surface area contributed by atoms with Gasteiger partial charge in [0.05, 0.1) is 12.5 Å². The van der Waals surface area contributed by atoms with Crippen molar-refractivity contribution < 1.29 is 4.42 Å². The van der Waals surface area contributed by atoms with Crippen LogP contribution in [0.2, 0.25) is 0 Å². The van der Waals surface area contributed by atoms with Crippen molar-refractivity contribution in [3.05, 3.63) is 35.6 Å². The fourth-order valence-corrected chi connectivity index (χ4v) is 1.98. The molecule has 2 heterocycles. The SMILES string of the molecule is Cc1ccsc1-c1ccoc1. The Morgan fingerprint density at radius 3 is 2.82 bits per heavy atom. The summed E-state index contributed by atoms with van der Waals surface area (Å²) in [4.78, 5) is 1.30. The predicted octanol–water partition coefficient (Wildman–Crippen LogP) is 3.32. The van der Waals surface area contributed by atoms with Gasteiger partial charge in [0.15, 0.2) is 0 Å². The summed E-state index contributed by atoms with van der Waals surface area (Å²) in [5, 5.41) is 2.09. The van der Waals surface area contributed by atoms with Crippen molar-refractivity contribution in [2.75, 3.05) is 0 Å². The third kappa shape index (κ3) is 1.10. The van der Waals surface area contributed by atoms with E-state index < -0.39 is 0 Å². The van der Waals surface area contributed by atoms with Crippen molar-refractivity contribution in [2.45, 2.75) is 6.92 Å². The Morgan fingerprint density at radius 2 is 2.27 bits per heavy atom. The van der Waals surface area contributed by atoms with Gasteiger partial charge in [-0.05, 0) is 30.0 Å². The van der Waals surface area contributed by atoms with Gasteiger partial charge in [0.25, 0.3) is 0 Å². The maximum Gasteiger partial charge on any atom is 0.0989 e. The molecule has 0 saturated heterocycles. The molecule has 2 aromatic rings. The monoisotopic (exact) mass is 164 g/mol. The number of thiophene rings is 1. The Balaban J connectivity index is 2.53. The first-order chi connectivity index (χ1) is 5.38. The Labute approximate surface area is 69.3 Å². The number of hydrogen-bond donors (Lipinski definition) is 0. The summed E-state index contributed by atoms with van der Waals surface area (Å²) in [6, 6.07) is 4.10.